The molecule has 17 heavy (non-hydrogen) atoms. The Kier molecular flexibility index (Phi) is 3.74. The average molecular weight is 247 g/mol. The fourth-order valence-corrected chi connectivity index (χ4v) is 2.12. The number of anilines is 2. The van der Waals surface area contributed by atoms with E-state index in [1.807, 2.05) is 36.9 Å². The minimum absolute atomic E-state index is 0.774. The Morgan fingerprint density at radius 2 is 2.18 bits per heavy atom. The van der Waals surface area contributed by atoms with E-state index in [1.54, 1.807) is 0 Å². The molecule has 1 aromatic carbocycles. The Bertz CT molecular complexity index is 525. The quantitative estimate of drug-likeness (QED) is 0.644. The molecule has 0 aliphatic heterocycles. The van der Waals surface area contributed by atoms with Crippen molar-refractivity contribution in [3.8, 4) is 0 Å². The second kappa shape index (κ2) is 5.27. The highest BCUT2D eigenvalue weighted by Gasteiger charge is 2.03. The zero-order valence-corrected chi connectivity index (χ0v) is 11.0. The molecule has 0 atom stereocenters. The van der Waals surface area contributed by atoms with Crippen LogP contribution in [-0.4, -0.2) is 23.5 Å². The van der Waals surface area contributed by atoms with E-state index >= 15 is 0 Å². The van der Waals surface area contributed by atoms with Gasteiger partial charge in [0.15, 0.2) is 0 Å². The molecule has 0 saturated carbocycles. The summed E-state index contributed by atoms with van der Waals surface area (Å²) in [5.74, 6) is 1.09. The maximum atomic E-state index is 5.83. The molecule has 0 radical (unpaired) electrons. The summed E-state index contributed by atoms with van der Waals surface area (Å²) in [6.07, 6.45) is 2.11. The molecule has 0 unspecified atom stereocenters. The van der Waals surface area contributed by atoms with Crippen LogP contribution in [0.15, 0.2) is 24.3 Å². The van der Waals surface area contributed by atoms with Crippen LogP contribution in [-0.2, 0) is 0 Å². The Labute approximate surface area is 106 Å². The standard InChI is InChI=1S/C13H17N3S/c1-9-7-13(15-5-6-17-2)11-8-10(14)3-4-12(11)16-9/h3-4,7-8H,5-6,14H2,1-2H3,(H,15,16). The highest BCUT2D eigenvalue weighted by atomic mass is 32.2. The molecule has 3 nitrogen and oxygen atoms in total. The fraction of sp³-hybridized carbons (Fsp3) is 0.308. The van der Waals surface area contributed by atoms with E-state index in [4.69, 9.17) is 5.73 Å². The number of benzene rings is 1. The number of nitrogens with two attached hydrogens (primary N) is 1. The lowest BCUT2D eigenvalue weighted by Gasteiger charge is -2.10. The summed E-state index contributed by atoms with van der Waals surface area (Å²) >= 11 is 1.83. The topological polar surface area (TPSA) is 50.9 Å². The second-order valence-corrected chi connectivity index (χ2v) is 4.99. The number of thioether (sulfide) groups is 1. The summed E-state index contributed by atoms with van der Waals surface area (Å²) in [6.45, 7) is 2.96. The molecule has 0 amide bonds. The van der Waals surface area contributed by atoms with Crippen molar-refractivity contribution in [1.82, 2.24) is 4.98 Å². The zero-order valence-electron chi connectivity index (χ0n) is 10.2. The molecule has 1 heterocycles. The molecule has 2 aromatic rings. The highest BCUT2D eigenvalue weighted by Crippen LogP contribution is 2.25. The SMILES string of the molecule is CSCCNc1cc(C)nc2ccc(N)cc12. The number of aryl methyl sites for hydroxylation is 1. The molecule has 0 saturated heterocycles. The lowest BCUT2D eigenvalue weighted by Crippen LogP contribution is -2.05. The lowest BCUT2D eigenvalue weighted by atomic mass is 10.1. The fourth-order valence-electron chi connectivity index (χ4n) is 1.81. The smallest absolute Gasteiger partial charge is 0.0727 e. The van der Waals surface area contributed by atoms with Gasteiger partial charge in [-0.25, -0.2) is 0 Å². The number of nitrogens with one attached hydrogen (secondary N) is 1. The van der Waals surface area contributed by atoms with E-state index in [0.29, 0.717) is 0 Å². The van der Waals surface area contributed by atoms with Gasteiger partial charge < -0.3 is 11.1 Å². The molecule has 0 spiro atoms. The van der Waals surface area contributed by atoms with Gasteiger partial charge in [-0.15, -0.1) is 0 Å². The molecule has 90 valence electrons. The minimum Gasteiger partial charge on any atom is -0.399 e. The number of hydrogen-bond acceptors (Lipinski definition) is 4. The van der Waals surface area contributed by atoms with Crippen LogP contribution in [0.4, 0.5) is 11.4 Å². The van der Waals surface area contributed by atoms with Crippen LogP contribution in [0, 0.1) is 6.92 Å². The Morgan fingerprint density at radius 3 is 2.94 bits per heavy atom. The third-order valence-electron chi connectivity index (χ3n) is 2.58. The first-order valence-corrected chi connectivity index (χ1v) is 7.00. The van der Waals surface area contributed by atoms with E-state index in [9.17, 15) is 0 Å². The predicted octanol–water partition coefficient (Wildman–Crippen LogP) is 2.90. The van der Waals surface area contributed by atoms with E-state index in [1.165, 1.54) is 0 Å². The van der Waals surface area contributed by atoms with E-state index in [0.717, 1.165) is 40.3 Å². The molecular formula is C13H17N3S. The van der Waals surface area contributed by atoms with Crippen LogP contribution >= 0.6 is 11.8 Å². The van der Waals surface area contributed by atoms with Crippen molar-refractivity contribution in [2.45, 2.75) is 6.92 Å². The molecule has 4 heteroatoms. The maximum Gasteiger partial charge on any atom is 0.0727 e. The first kappa shape index (κ1) is 12.0. The minimum atomic E-state index is 0.774. The van der Waals surface area contributed by atoms with Gasteiger partial charge in [-0.2, -0.15) is 11.8 Å². The molecule has 0 fully saturated rings. The van der Waals surface area contributed by atoms with Crippen LogP contribution in [0.2, 0.25) is 0 Å². The van der Waals surface area contributed by atoms with E-state index in [2.05, 4.69) is 22.6 Å². The third-order valence-corrected chi connectivity index (χ3v) is 3.19. The number of fused-ring (bicyclic) bond motifs is 1. The molecule has 2 rings (SSSR count). The summed E-state index contributed by atoms with van der Waals surface area (Å²) in [5.41, 5.74) is 9.73. The second-order valence-electron chi connectivity index (χ2n) is 4.01. The molecule has 0 aliphatic carbocycles. The maximum absolute atomic E-state index is 5.83. The molecule has 0 bridgehead atoms. The van der Waals surface area contributed by atoms with Crippen LogP contribution in [0.1, 0.15) is 5.69 Å². The van der Waals surface area contributed by atoms with Crippen LogP contribution in [0.5, 0.6) is 0 Å². The first-order chi connectivity index (χ1) is 8.20. The highest BCUT2D eigenvalue weighted by molar-refractivity contribution is 7.98. The van der Waals surface area contributed by atoms with Gasteiger partial charge in [0, 0.05) is 34.8 Å². The molecular weight excluding hydrogens is 230 g/mol. The van der Waals surface area contributed by atoms with Gasteiger partial charge in [-0.3, -0.25) is 4.98 Å². The van der Waals surface area contributed by atoms with Crippen LogP contribution < -0.4 is 11.1 Å². The molecule has 0 aliphatic rings. The number of rotatable bonds is 4. The Balaban J connectivity index is 2.40. The number of hydrogen-bond donors (Lipinski definition) is 2. The lowest BCUT2D eigenvalue weighted by molar-refractivity contribution is 1.20. The largest absolute Gasteiger partial charge is 0.399 e. The Morgan fingerprint density at radius 1 is 1.35 bits per heavy atom. The Hall–Kier alpha value is -1.42. The third kappa shape index (κ3) is 2.82. The van der Waals surface area contributed by atoms with Gasteiger partial charge in [0.25, 0.3) is 0 Å². The van der Waals surface area contributed by atoms with Crippen molar-refractivity contribution in [3.05, 3.63) is 30.0 Å². The van der Waals surface area contributed by atoms with Crippen molar-refractivity contribution in [3.63, 3.8) is 0 Å². The average Bonchev–Trinajstić information content (AvgIpc) is 2.30. The monoisotopic (exact) mass is 247 g/mol. The van der Waals surface area contributed by atoms with Crippen molar-refractivity contribution >= 4 is 34.0 Å². The van der Waals surface area contributed by atoms with Crippen molar-refractivity contribution in [2.75, 3.05) is 29.6 Å². The zero-order chi connectivity index (χ0) is 12.3. The van der Waals surface area contributed by atoms with Gasteiger partial charge in [-0.05, 0) is 37.4 Å². The van der Waals surface area contributed by atoms with Crippen molar-refractivity contribution in [2.24, 2.45) is 0 Å². The number of nitrogens with zero attached hydrogens (tertiary/aromatic N) is 1. The van der Waals surface area contributed by atoms with Crippen LogP contribution in [0.25, 0.3) is 10.9 Å². The summed E-state index contributed by atoms with van der Waals surface area (Å²) in [4.78, 5) is 4.50. The van der Waals surface area contributed by atoms with Crippen molar-refractivity contribution in [1.29, 1.82) is 0 Å². The predicted molar refractivity (Wildman–Crippen MR) is 77.8 cm³/mol. The molecule has 3 N–H and O–H groups in total. The van der Waals surface area contributed by atoms with Gasteiger partial charge in [0.1, 0.15) is 0 Å². The normalized spacial score (nSPS) is 10.7. The number of nitrogen functional groups attached to an aromatic ring is 1. The van der Waals surface area contributed by atoms with Gasteiger partial charge >= 0.3 is 0 Å². The summed E-state index contributed by atoms with van der Waals surface area (Å²) < 4.78 is 0. The number of aromatic nitrogens is 1. The van der Waals surface area contributed by atoms with E-state index < -0.39 is 0 Å². The van der Waals surface area contributed by atoms with Gasteiger partial charge in [-0.1, -0.05) is 0 Å². The van der Waals surface area contributed by atoms with Gasteiger partial charge in [0.05, 0.1) is 5.52 Å². The molecule has 1 aromatic heterocycles. The number of pyridine rings is 1. The summed E-state index contributed by atoms with van der Waals surface area (Å²) in [5, 5.41) is 4.53. The van der Waals surface area contributed by atoms with E-state index in [-0.39, 0.29) is 0 Å². The summed E-state index contributed by atoms with van der Waals surface area (Å²) in [6, 6.07) is 7.91. The first-order valence-electron chi connectivity index (χ1n) is 5.60. The van der Waals surface area contributed by atoms with Crippen molar-refractivity contribution < 1.29 is 0 Å². The summed E-state index contributed by atoms with van der Waals surface area (Å²) in [7, 11) is 0. The van der Waals surface area contributed by atoms with Crippen LogP contribution in [0.3, 0.4) is 0 Å². The van der Waals surface area contributed by atoms with Gasteiger partial charge in [0.2, 0.25) is 0 Å².